The van der Waals surface area contributed by atoms with Crippen LogP contribution in [0, 0.1) is 0 Å². The maximum atomic E-state index is 12.0. The Hall–Kier alpha value is -1.87. The number of fused-ring (bicyclic) bond motifs is 3. The predicted molar refractivity (Wildman–Crippen MR) is 69.5 cm³/mol. The molecular weight excluding hydrogens is 236 g/mol. The second-order valence-corrected chi connectivity index (χ2v) is 4.27. The molecule has 0 aliphatic heterocycles. The fourth-order valence-electron chi connectivity index (χ4n) is 1.98. The topological polar surface area (TPSA) is 34.9 Å². The van der Waals surface area contributed by atoms with E-state index in [-0.39, 0.29) is 10.8 Å². The zero-order valence-electron chi connectivity index (χ0n) is 9.14. The minimum atomic E-state index is -0.120. The number of aromatic nitrogens is 2. The summed E-state index contributed by atoms with van der Waals surface area (Å²) in [4.78, 5) is 16.3. The second kappa shape index (κ2) is 3.57. The van der Waals surface area contributed by atoms with Crippen molar-refractivity contribution in [3.63, 3.8) is 0 Å². The first-order chi connectivity index (χ1) is 8.18. The summed E-state index contributed by atoms with van der Waals surface area (Å²) in [6, 6.07) is 11.5. The molecule has 0 N–H and O–H groups in total. The molecule has 0 unspecified atom stereocenters. The van der Waals surface area contributed by atoms with Gasteiger partial charge in [0.2, 0.25) is 5.28 Å². The Balaban J connectivity index is 2.64. The number of rotatable bonds is 0. The minimum absolute atomic E-state index is 0.120. The molecule has 0 spiro atoms. The summed E-state index contributed by atoms with van der Waals surface area (Å²) in [5, 5.41) is 2.80. The monoisotopic (exact) mass is 244 g/mol. The van der Waals surface area contributed by atoms with Crippen LogP contribution in [-0.4, -0.2) is 9.55 Å². The predicted octanol–water partition coefficient (Wildman–Crippen LogP) is 2.74. The van der Waals surface area contributed by atoms with Gasteiger partial charge in [0.25, 0.3) is 5.56 Å². The zero-order valence-corrected chi connectivity index (χ0v) is 9.90. The van der Waals surface area contributed by atoms with Crippen LogP contribution in [0.4, 0.5) is 0 Å². The van der Waals surface area contributed by atoms with Crippen LogP contribution >= 0.6 is 11.6 Å². The largest absolute Gasteiger partial charge is 0.286 e. The Morgan fingerprint density at radius 1 is 1.12 bits per heavy atom. The maximum absolute atomic E-state index is 12.0. The van der Waals surface area contributed by atoms with E-state index in [1.54, 1.807) is 13.1 Å². The quantitative estimate of drug-likeness (QED) is 0.450. The van der Waals surface area contributed by atoms with Gasteiger partial charge in [-0.1, -0.05) is 30.3 Å². The third kappa shape index (κ3) is 1.43. The average molecular weight is 245 g/mol. The fourth-order valence-corrected chi connectivity index (χ4v) is 2.14. The molecule has 84 valence electrons. The minimum Gasteiger partial charge on any atom is -0.286 e. The van der Waals surface area contributed by atoms with Crippen LogP contribution in [0.15, 0.2) is 41.2 Å². The highest BCUT2D eigenvalue weighted by atomic mass is 35.5. The Labute approximate surface area is 102 Å². The van der Waals surface area contributed by atoms with Crippen LogP contribution in [0.25, 0.3) is 21.7 Å². The number of nitrogens with zero attached hydrogens (tertiary/aromatic N) is 2. The lowest BCUT2D eigenvalue weighted by Crippen LogP contribution is -2.18. The number of hydrogen-bond acceptors (Lipinski definition) is 2. The van der Waals surface area contributed by atoms with E-state index in [0.29, 0.717) is 10.9 Å². The van der Waals surface area contributed by atoms with E-state index in [9.17, 15) is 4.79 Å². The van der Waals surface area contributed by atoms with Crippen molar-refractivity contribution in [2.75, 3.05) is 0 Å². The molecule has 17 heavy (non-hydrogen) atoms. The van der Waals surface area contributed by atoms with E-state index in [4.69, 9.17) is 11.6 Å². The summed E-state index contributed by atoms with van der Waals surface area (Å²) in [5.74, 6) is 0. The lowest BCUT2D eigenvalue weighted by molar-refractivity contribution is 0.845. The first-order valence-corrected chi connectivity index (χ1v) is 5.60. The van der Waals surface area contributed by atoms with Crippen molar-refractivity contribution in [2.45, 2.75) is 0 Å². The Morgan fingerprint density at radius 2 is 1.88 bits per heavy atom. The number of hydrogen-bond donors (Lipinski definition) is 0. The lowest BCUT2D eigenvalue weighted by atomic mass is 10.1. The molecule has 0 bridgehead atoms. The molecule has 1 aromatic heterocycles. The summed E-state index contributed by atoms with van der Waals surface area (Å²) >= 11 is 5.95. The fraction of sp³-hybridized carbons (Fsp3) is 0.0769. The second-order valence-electron chi connectivity index (χ2n) is 3.93. The normalized spacial score (nSPS) is 11.2. The van der Waals surface area contributed by atoms with E-state index < -0.39 is 0 Å². The van der Waals surface area contributed by atoms with Crippen molar-refractivity contribution in [3.8, 4) is 0 Å². The van der Waals surface area contributed by atoms with Gasteiger partial charge in [-0.15, -0.1) is 0 Å². The van der Waals surface area contributed by atoms with Crippen LogP contribution in [0.2, 0.25) is 5.28 Å². The lowest BCUT2D eigenvalue weighted by Gasteiger charge is -2.06. The first kappa shape index (κ1) is 10.3. The van der Waals surface area contributed by atoms with Crippen molar-refractivity contribution in [3.05, 3.63) is 52.0 Å². The van der Waals surface area contributed by atoms with E-state index in [0.717, 1.165) is 10.8 Å². The smallest absolute Gasteiger partial charge is 0.262 e. The van der Waals surface area contributed by atoms with Gasteiger partial charge >= 0.3 is 0 Å². The summed E-state index contributed by atoms with van der Waals surface area (Å²) in [5.41, 5.74) is 0.543. The van der Waals surface area contributed by atoms with Gasteiger partial charge in [-0.05, 0) is 23.1 Å². The maximum Gasteiger partial charge on any atom is 0.262 e. The molecule has 0 saturated carbocycles. The van der Waals surface area contributed by atoms with Gasteiger partial charge in [0.1, 0.15) is 0 Å². The molecule has 0 amide bonds. The molecule has 1 heterocycles. The summed E-state index contributed by atoms with van der Waals surface area (Å²) < 4.78 is 1.35. The molecule has 0 radical (unpaired) electrons. The highest BCUT2D eigenvalue weighted by Gasteiger charge is 2.08. The van der Waals surface area contributed by atoms with E-state index in [2.05, 4.69) is 4.98 Å². The summed E-state index contributed by atoms with van der Waals surface area (Å²) in [6.45, 7) is 0. The van der Waals surface area contributed by atoms with Crippen LogP contribution in [0.3, 0.4) is 0 Å². The van der Waals surface area contributed by atoms with Crippen LogP contribution in [0.1, 0.15) is 0 Å². The SMILES string of the molecule is Cn1c(Cl)nc2c(ccc3ccccc32)c1=O. The van der Waals surface area contributed by atoms with E-state index in [1.807, 2.05) is 30.3 Å². The molecule has 3 nitrogen and oxygen atoms in total. The number of halogens is 1. The standard InChI is InChI=1S/C13H9ClN2O/c1-16-12(17)10-7-6-8-4-2-3-5-9(8)11(10)15-13(16)14/h2-7H,1H3. The molecule has 0 aliphatic carbocycles. The van der Waals surface area contributed by atoms with Gasteiger partial charge in [0.15, 0.2) is 0 Å². The van der Waals surface area contributed by atoms with Crippen molar-refractivity contribution >= 4 is 33.3 Å². The first-order valence-electron chi connectivity index (χ1n) is 5.22. The molecule has 0 fully saturated rings. The molecule has 3 rings (SSSR count). The molecule has 3 aromatic rings. The van der Waals surface area contributed by atoms with Crippen LogP contribution in [0.5, 0.6) is 0 Å². The molecule has 0 saturated heterocycles. The van der Waals surface area contributed by atoms with Crippen molar-refractivity contribution < 1.29 is 0 Å². The van der Waals surface area contributed by atoms with Gasteiger partial charge in [0, 0.05) is 12.4 Å². The number of benzene rings is 2. The Morgan fingerprint density at radius 3 is 2.71 bits per heavy atom. The van der Waals surface area contributed by atoms with Crippen molar-refractivity contribution in [2.24, 2.45) is 7.05 Å². The van der Waals surface area contributed by atoms with E-state index in [1.165, 1.54) is 4.57 Å². The highest BCUT2D eigenvalue weighted by Crippen LogP contribution is 2.22. The molecule has 0 aliphatic rings. The Kier molecular flexibility index (Phi) is 2.16. The third-order valence-electron chi connectivity index (χ3n) is 2.92. The van der Waals surface area contributed by atoms with Crippen molar-refractivity contribution in [1.82, 2.24) is 9.55 Å². The molecule has 4 heteroatoms. The Bertz CT molecular complexity index is 792. The average Bonchev–Trinajstić information content (AvgIpc) is 2.36. The molecule has 2 aromatic carbocycles. The van der Waals surface area contributed by atoms with Gasteiger partial charge in [-0.3, -0.25) is 9.36 Å². The van der Waals surface area contributed by atoms with Crippen LogP contribution in [-0.2, 0) is 7.05 Å². The summed E-state index contributed by atoms with van der Waals surface area (Å²) in [6.07, 6.45) is 0. The molecular formula is C13H9ClN2O. The van der Waals surface area contributed by atoms with Crippen molar-refractivity contribution in [1.29, 1.82) is 0 Å². The van der Waals surface area contributed by atoms with Gasteiger partial charge < -0.3 is 0 Å². The summed E-state index contributed by atoms with van der Waals surface area (Å²) in [7, 11) is 1.62. The van der Waals surface area contributed by atoms with Gasteiger partial charge in [-0.2, -0.15) is 0 Å². The van der Waals surface area contributed by atoms with E-state index >= 15 is 0 Å². The van der Waals surface area contributed by atoms with Crippen LogP contribution < -0.4 is 5.56 Å². The highest BCUT2D eigenvalue weighted by molar-refractivity contribution is 6.29. The third-order valence-corrected chi connectivity index (χ3v) is 3.25. The van der Waals surface area contributed by atoms with Gasteiger partial charge in [-0.25, -0.2) is 4.98 Å². The van der Waals surface area contributed by atoms with Gasteiger partial charge in [0.05, 0.1) is 10.9 Å². The zero-order chi connectivity index (χ0) is 12.0. The molecule has 0 atom stereocenters.